The molecule has 2 saturated heterocycles. The second-order valence-corrected chi connectivity index (χ2v) is 6.28. The molecule has 0 aromatic rings. The second kappa shape index (κ2) is 6.08. The van der Waals surface area contributed by atoms with E-state index in [0.717, 1.165) is 24.9 Å². The van der Waals surface area contributed by atoms with E-state index in [1.807, 2.05) is 0 Å². The van der Waals surface area contributed by atoms with Gasteiger partial charge in [0.25, 0.3) is 0 Å². The molecular formula is C15H26O4. The highest BCUT2D eigenvalue weighted by Gasteiger charge is 2.45. The van der Waals surface area contributed by atoms with Gasteiger partial charge in [0.05, 0.1) is 19.3 Å². The van der Waals surface area contributed by atoms with Gasteiger partial charge in [-0.25, -0.2) is 0 Å². The van der Waals surface area contributed by atoms with E-state index in [9.17, 15) is 0 Å². The molecule has 6 atom stereocenters. The zero-order valence-electron chi connectivity index (χ0n) is 12.0. The summed E-state index contributed by atoms with van der Waals surface area (Å²) in [6.45, 7) is 3.87. The molecule has 1 saturated carbocycles. The largest absolute Gasteiger partial charge is 0.376 e. The number of hydrogen-bond acceptors (Lipinski definition) is 4. The molecule has 19 heavy (non-hydrogen) atoms. The highest BCUT2D eigenvalue weighted by molar-refractivity contribution is 4.88. The lowest BCUT2D eigenvalue weighted by molar-refractivity contribution is -0.201. The summed E-state index contributed by atoms with van der Waals surface area (Å²) < 4.78 is 23.0. The van der Waals surface area contributed by atoms with Crippen molar-refractivity contribution in [2.45, 2.75) is 63.6 Å². The summed E-state index contributed by atoms with van der Waals surface area (Å²) in [7, 11) is 1.72. The molecule has 2 heterocycles. The molecule has 0 aromatic carbocycles. The van der Waals surface area contributed by atoms with Crippen LogP contribution in [0.1, 0.15) is 39.0 Å². The molecule has 2 aliphatic heterocycles. The third-order valence-electron chi connectivity index (χ3n) is 5.03. The molecular weight excluding hydrogens is 244 g/mol. The van der Waals surface area contributed by atoms with E-state index in [-0.39, 0.29) is 24.6 Å². The van der Waals surface area contributed by atoms with Gasteiger partial charge >= 0.3 is 0 Å². The average Bonchev–Trinajstić information content (AvgIpc) is 2.85. The first-order chi connectivity index (χ1) is 9.28. The topological polar surface area (TPSA) is 36.9 Å². The summed E-state index contributed by atoms with van der Waals surface area (Å²) in [6, 6.07) is 0. The third-order valence-corrected chi connectivity index (χ3v) is 5.03. The summed E-state index contributed by atoms with van der Waals surface area (Å²) in [5.74, 6) is 1.51. The number of rotatable bonds is 4. The molecule has 3 fully saturated rings. The Morgan fingerprint density at radius 1 is 1.16 bits per heavy atom. The molecule has 3 rings (SSSR count). The Balaban J connectivity index is 1.51. The van der Waals surface area contributed by atoms with Crippen molar-refractivity contribution in [1.29, 1.82) is 0 Å². The Kier molecular flexibility index (Phi) is 4.42. The Bertz CT molecular complexity index is 296. The van der Waals surface area contributed by atoms with E-state index in [0.29, 0.717) is 6.61 Å². The molecule has 0 radical (unpaired) electrons. The van der Waals surface area contributed by atoms with Crippen LogP contribution in [0.25, 0.3) is 0 Å². The minimum Gasteiger partial charge on any atom is -0.376 e. The maximum absolute atomic E-state index is 6.17. The summed E-state index contributed by atoms with van der Waals surface area (Å²) in [5, 5.41) is 0. The van der Waals surface area contributed by atoms with Crippen LogP contribution in [0.3, 0.4) is 0 Å². The SMILES string of the molecule is CO[C@@H]1C[C@@H](OCC2CCCCC2C)[C@H]2CO[C@@H]1O2. The van der Waals surface area contributed by atoms with Crippen LogP contribution in [-0.2, 0) is 18.9 Å². The first kappa shape index (κ1) is 13.8. The van der Waals surface area contributed by atoms with Crippen LogP contribution < -0.4 is 0 Å². The molecule has 4 nitrogen and oxygen atoms in total. The van der Waals surface area contributed by atoms with Crippen LogP contribution in [-0.4, -0.2) is 44.9 Å². The van der Waals surface area contributed by atoms with Gasteiger partial charge in [-0.2, -0.15) is 0 Å². The molecule has 2 unspecified atom stereocenters. The van der Waals surface area contributed by atoms with E-state index >= 15 is 0 Å². The Hall–Kier alpha value is -0.160. The normalized spacial score (nSPS) is 46.4. The van der Waals surface area contributed by atoms with Gasteiger partial charge in [0.2, 0.25) is 0 Å². The highest BCUT2D eigenvalue weighted by Crippen LogP contribution is 2.34. The molecule has 0 N–H and O–H groups in total. The lowest BCUT2D eigenvalue weighted by atomic mass is 9.81. The zero-order chi connectivity index (χ0) is 13.2. The molecule has 1 aliphatic carbocycles. The van der Waals surface area contributed by atoms with E-state index in [4.69, 9.17) is 18.9 Å². The molecule has 110 valence electrons. The Labute approximate surface area is 115 Å². The monoisotopic (exact) mass is 270 g/mol. The summed E-state index contributed by atoms with van der Waals surface area (Å²) in [4.78, 5) is 0. The van der Waals surface area contributed by atoms with Crippen molar-refractivity contribution in [3.05, 3.63) is 0 Å². The van der Waals surface area contributed by atoms with Gasteiger partial charge in [-0.15, -0.1) is 0 Å². The van der Waals surface area contributed by atoms with Gasteiger partial charge in [0.1, 0.15) is 12.2 Å². The second-order valence-electron chi connectivity index (χ2n) is 6.28. The molecule has 0 aromatic heterocycles. The van der Waals surface area contributed by atoms with E-state index in [1.165, 1.54) is 25.7 Å². The number of ether oxygens (including phenoxy) is 4. The summed E-state index contributed by atoms with van der Waals surface area (Å²) in [5.41, 5.74) is 0. The predicted molar refractivity (Wildman–Crippen MR) is 70.9 cm³/mol. The number of fused-ring (bicyclic) bond motifs is 2. The van der Waals surface area contributed by atoms with Crippen LogP contribution in [0.2, 0.25) is 0 Å². The maximum atomic E-state index is 6.17. The van der Waals surface area contributed by atoms with Crippen molar-refractivity contribution in [1.82, 2.24) is 0 Å². The standard InChI is InChI=1S/C15H26O4/c1-10-5-3-4-6-11(10)8-17-12-7-13(16-2)15-18-9-14(12)19-15/h10-15H,3-9H2,1-2H3/t10?,11?,12-,13-,14-,15-/m1/s1. The average molecular weight is 270 g/mol. The predicted octanol–water partition coefficient (Wildman–Crippen LogP) is 2.36. The van der Waals surface area contributed by atoms with Crippen LogP contribution in [0, 0.1) is 11.8 Å². The van der Waals surface area contributed by atoms with Crippen LogP contribution >= 0.6 is 0 Å². The fourth-order valence-corrected chi connectivity index (χ4v) is 3.59. The third kappa shape index (κ3) is 2.97. The highest BCUT2D eigenvalue weighted by atomic mass is 16.7. The quantitative estimate of drug-likeness (QED) is 0.786. The van der Waals surface area contributed by atoms with Crippen molar-refractivity contribution in [2.75, 3.05) is 20.3 Å². The van der Waals surface area contributed by atoms with Gasteiger partial charge in [0, 0.05) is 13.5 Å². The maximum Gasteiger partial charge on any atom is 0.184 e. The van der Waals surface area contributed by atoms with E-state index in [1.54, 1.807) is 7.11 Å². The number of hydrogen-bond donors (Lipinski definition) is 0. The van der Waals surface area contributed by atoms with Crippen molar-refractivity contribution >= 4 is 0 Å². The van der Waals surface area contributed by atoms with Crippen LogP contribution in [0.15, 0.2) is 0 Å². The Morgan fingerprint density at radius 2 is 2.00 bits per heavy atom. The van der Waals surface area contributed by atoms with Crippen LogP contribution in [0.5, 0.6) is 0 Å². The van der Waals surface area contributed by atoms with Gasteiger partial charge < -0.3 is 18.9 Å². The van der Waals surface area contributed by atoms with Crippen molar-refractivity contribution < 1.29 is 18.9 Å². The minimum absolute atomic E-state index is 0.0209. The minimum atomic E-state index is -0.177. The van der Waals surface area contributed by atoms with Crippen molar-refractivity contribution in [2.24, 2.45) is 11.8 Å². The first-order valence-electron chi connectivity index (χ1n) is 7.69. The molecule has 0 amide bonds. The molecule has 2 bridgehead atoms. The summed E-state index contributed by atoms with van der Waals surface area (Å²) in [6.07, 6.45) is 6.39. The van der Waals surface area contributed by atoms with Gasteiger partial charge in [-0.3, -0.25) is 0 Å². The van der Waals surface area contributed by atoms with Crippen LogP contribution in [0.4, 0.5) is 0 Å². The fraction of sp³-hybridized carbons (Fsp3) is 1.00. The summed E-state index contributed by atoms with van der Waals surface area (Å²) >= 11 is 0. The molecule has 0 spiro atoms. The van der Waals surface area contributed by atoms with E-state index in [2.05, 4.69) is 6.92 Å². The fourth-order valence-electron chi connectivity index (χ4n) is 3.59. The van der Waals surface area contributed by atoms with Gasteiger partial charge in [-0.05, 0) is 18.3 Å². The van der Waals surface area contributed by atoms with Crippen molar-refractivity contribution in [3.63, 3.8) is 0 Å². The van der Waals surface area contributed by atoms with Gasteiger partial charge in [-0.1, -0.05) is 26.2 Å². The smallest absolute Gasteiger partial charge is 0.184 e. The zero-order valence-corrected chi connectivity index (χ0v) is 12.0. The Morgan fingerprint density at radius 3 is 2.79 bits per heavy atom. The number of methoxy groups -OCH3 is 1. The lowest BCUT2D eigenvalue weighted by Gasteiger charge is -2.35. The lowest BCUT2D eigenvalue weighted by Crippen LogP contribution is -2.44. The molecule has 3 aliphatic rings. The molecule has 4 heteroatoms. The van der Waals surface area contributed by atoms with Gasteiger partial charge in [0.15, 0.2) is 6.29 Å². The van der Waals surface area contributed by atoms with Crippen molar-refractivity contribution in [3.8, 4) is 0 Å². The van der Waals surface area contributed by atoms with E-state index < -0.39 is 0 Å². The first-order valence-corrected chi connectivity index (χ1v) is 7.69.